The molecule has 0 atom stereocenters. The molecule has 2 rings (SSSR count). The highest BCUT2D eigenvalue weighted by Crippen LogP contribution is 2.15. The zero-order valence-electron chi connectivity index (χ0n) is 11.2. The van der Waals surface area contributed by atoms with Crippen molar-refractivity contribution >= 4 is 5.91 Å². The third-order valence-corrected chi connectivity index (χ3v) is 3.53. The molecule has 0 saturated carbocycles. The number of carbonyl (C=O) groups is 1. The number of likely N-dealkylation sites (tertiary alicyclic amines) is 1. The predicted octanol–water partition coefficient (Wildman–Crippen LogP) is 1.18. The van der Waals surface area contributed by atoms with E-state index in [0.717, 1.165) is 31.2 Å². The number of carbonyl (C=O) groups excluding carboxylic acids is 1. The van der Waals surface area contributed by atoms with Gasteiger partial charge in [-0.05, 0) is 44.8 Å². The van der Waals surface area contributed by atoms with Gasteiger partial charge in [0.2, 0.25) is 0 Å². The minimum atomic E-state index is -0.0928. The fourth-order valence-electron chi connectivity index (χ4n) is 2.24. The molecule has 18 heavy (non-hydrogen) atoms. The summed E-state index contributed by atoms with van der Waals surface area (Å²) >= 11 is 0. The van der Waals surface area contributed by atoms with Crippen LogP contribution in [0, 0.1) is 12.8 Å². The molecular weight excluding hydrogens is 228 g/mol. The van der Waals surface area contributed by atoms with Gasteiger partial charge in [0.15, 0.2) is 0 Å². The Bertz CT molecular complexity index is 393. The molecule has 0 spiro atoms. The van der Waals surface area contributed by atoms with Crippen LogP contribution in [0.15, 0.2) is 6.07 Å². The average molecular weight is 250 g/mol. The van der Waals surface area contributed by atoms with E-state index in [1.807, 2.05) is 6.92 Å². The van der Waals surface area contributed by atoms with E-state index >= 15 is 0 Å². The van der Waals surface area contributed by atoms with Crippen molar-refractivity contribution < 1.29 is 4.79 Å². The summed E-state index contributed by atoms with van der Waals surface area (Å²) in [6.45, 7) is 8.12. The number of nitrogens with zero attached hydrogens (tertiary/aromatic N) is 2. The molecule has 0 aliphatic carbocycles. The number of nitrogens with one attached hydrogen (secondary N) is 2. The molecule has 1 aromatic heterocycles. The number of hydrogen-bond donors (Lipinski definition) is 2. The number of H-pyrrole nitrogens is 1. The van der Waals surface area contributed by atoms with Crippen LogP contribution in [-0.2, 0) is 0 Å². The molecule has 0 aromatic carbocycles. The van der Waals surface area contributed by atoms with Crippen LogP contribution in [-0.4, -0.2) is 47.2 Å². The molecule has 1 saturated heterocycles. The molecule has 2 N–H and O–H groups in total. The van der Waals surface area contributed by atoms with Crippen LogP contribution in [0.25, 0.3) is 0 Å². The van der Waals surface area contributed by atoms with Gasteiger partial charge in [-0.3, -0.25) is 9.89 Å². The van der Waals surface area contributed by atoms with Gasteiger partial charge in [-0.15, -0.1) is 0 Å². The summed E-state index contributed by atoms with van der Waals surface area (Å²) in [6, 6.07) is 1.76. The largest absolute Gasteiger partial charge is 0.349 e. The summed E-state index contributed by atoms with van der Waals surface area (Å²) in [5.41, 5.74) is 1.38. The normalized spacial score (nSPS) is 17.9. The van der Waals surface area contributed by atoms with Gasteiger partial charge in [0.25, 0.3) is 5.91 Å². The molecule has 1 fully saturated rings. The molecular formula is C13H22N4O. The van der Waals surface area contributed by atoms with Crippen molar-refractivity contribution in [3.8, 4) is 0 Å². The Labute approximate surface area is 108 Å². The van der Waals surface area contributed by atoms with Gasteiger partial charge in [-0.25, -0.2) is 0 Å². The smallest absolute Gasteiger partial charge is 0.271 e. The Balaban J connectivity index is 1.67. The lowest BCUT2D eigenvalue weighted by molar-refractivity contribution is 0.0939. The van der Waals surface area contributed by atoms with Crippen LogP contribution in [0.4, 0.5) is 0 Å². The molecule has 5 heteroatoms. The second-order valence-corrected chi connectivity index (χ2v) is 5.22. The minimum absolute atomic E-state index is 0.0928. The third kappa shape index (κ3) is 3.57. The Kier molecular flexibility index (Phi) is 4.36. The van der Waals surface area contributed by atoms with Crippen molar-refractivity contribution in [1.29, 1.82) is 0 Å². The highest BCUT2D eigenvalue weighted by atomic mass is 16.1. The maximum Gasteiger partial charge on any atom is 0.271 e. The van der Waals surface area contributed by atoms with Crippen LogP contribution in [0.3, 0.4) is 0 Å². The van der Waals surface area contributed by atoms with E-state index in [4.69, 9.17) is 0 Å². The Morgan fingerprint density at radius 1 is 1.56 bits per heavy atom. The van der Waals surface area contributed by atoms with Gasteiger partial charge in [-0.2, -0.15) is 5.10 Å². The van der Waals surface area contributed by atoms with Gasteiger partial charge < -0.3 is 10.2 Å². The van der Waals surface area contributed by atoms with E-state index in [2.05, 4.69) is 27.3 Å². The van der Waals surface area contributed by atoms with Crippen molar-refractivity contribution in [3.05, 3.63) is 17.5 Å². The highest BCUT2D eigenvalue weighted by molar-refractivity contribution is 5.92. The van der Waals surface area contributed by atoms with Crippen molar-refractivity contribution in [2.45, 2.75) is 26.7 Å². The van der Waals surface area contributed by atoms with Crippen LogP contribution < -0.4 is 5.32 Å². The van der Waals surface area contributed by atoms with Crippen molar-refractivity contribution in [2.24, 2.45) is 5.92 Å². The van der Waals surface area contributed by atoms with Crippen LogP contribution in [0.1, 0.15) is 35.9 Å². The summed E-state index contributed by atoms with van der Waals surface area (Å²) in [5.74, 6) is 0.757. The van der Waals surface area contributed by atoms with Crippen molar-refractivity contribution in [3.63, 3.8) is 0 Å². The third-order valence-electron chi connectivity index (χ3n) is 3.53. The second kappa shape index (κ2) is 6.00. The Hall–Kier alpha value is -1.36. The molecule has 1 aromatic rings. The number of amides is 1. The van der Waals surface area contributed by atoms with Gasteiger partial charge >= 0.3 is 0 Å². The maximum absolute atomic E-state index is 11.7. The lowest BCUT2D eigenvalue weighted by Crippen LogP contribution is -2.39. The van der Waals surface area contributed by atoms with Crippen LogP contribution in [0.2, 0.25) is 0 Å². The number of piperidine rings is 1. The first-order valence-electron chi connectivity index (χ1n) is 6.67. The first-order chi connectivity index (χ1) is 8.65. The highest BCUT2D eigenvalue weighted by Gasteiger charge is 2.15. The zero-order chi connectivity index (χ0) is 13.0. The van der Waals surface area contributed by atoms with E-state index in [-0.39, 0.29) is 5.91 Å². The van der Waals surface area contributed by atoms with E-state index in [0.29, 0.717) is 12.2 Å². The van der Waals surface area contributed by atoms with E-state index in [1.54, 1.807) is 6.07 Å². The van der Waals surface area contributed by atoms with Crippen LogP contribution in [0.5, 0.6) is 0 Å². The minimum Gasteiger partial charge on any atom is -0.349 e. The predicted molar refractivity (Wildman–Crippen MR) is 70.5 cm³/mol. The zero-order valence-corrected chi connectivity index (χ0v) is 11.2. The molecule has 1 aliphatic heterocycles. The average Bonchev–Trinajstić information content (AvgIpc) is 2.78. The number of hydrogen-bond acceptors (Lipinski definition) is 3. The molecule has 1 amide bonds. The SMILES string of the molecule is Cc1cc(C(=O)NCCN2CCC(C)CC2)n[nH]1. The number of aromatic amines is 1. The first-order valence-corrected chi connectivity index (χ1v) is 6.67. The molecule has 2 heterocycles. The molecule has 0 bridgehead atoms. The second-order valence-electron chi connectivity index (χ2n) is 5.22. The van der Waals surface area contributed by atoms with Crippen molar-refractivity contribution in [1.82, 2.24) is 20.4 Å². The summed E-state index contributed by atoms with van der Waals surface area (Å²) in [7, 11) is 0. The summed E-state index contributed by atoms with van der Waals surface area (Å²) in [6.07, 6.45) is 2.54. The summed E-state index contributed by atoms with van der Waals surface area (Å²) in [5, 5.41) is 9.62. The maximum atomic E-state index is 11.7. The van der Waals surface area contributed by atoms with E-state index in [9.17, 15) is 4.79 Å². The lowest BCUT2D eigenvalue weighted by atomic mass is 9.99. The Morgan fingerprint density at radius 2 is 2.28 bits per heavy atom. The molecule has 5 nitrogen and oxygen atoms in total. The number of aryl methyl sites for hydroxylation is 1. The molecule has 0 unspecified atom stereocenters. The molecule has 100 valence electrons. The monoisotopic (exact) mass is 250 g/mol. The Morgan fingerprint density at radius 3 is 2.89 bits per heavy atom. The molecule has 1 aliphatic rings. The van der Waals surface area contributed by atoms with E-state index < -0.39 is 0 Å². The van der Waals surface area contributed by atoms with Crippen LogP contribution >= 0.6 is 0 Å². The number of aromatic nitrogens is 2. The number of rotatable bonds is 4. The lowest BCUT2D eigenvalue weighted by Gasteiger charge is -2.30. The molecule has 0 radical (unpaired) electrons. The van der Waals surface area contributed by atoms with Gasteiger partial charge in [0.1, 0.15) is 5.69 Å². The topological polar surface area (TPSA) is 61.0 Å². The summed E-state index contributed by atoms with van der Waals surface area (Å²) in [4.78, 5) is 14.2. The van der Waals surface area contributed by atoms with Gasteiger partial charge in [0, 0.05) is 18.8 Å². The quantitative estimate of drug-likeness (QED) is 0.843. The standard InChI is InChI=1S/C13H22N4O/c1-10-3-6-17(7-4-10)8-5-14-13(18)12-9-11(2)15-16-12/h9-10H,3-8H2,1-2H3,(H,14,18)(H,15,16). The fourth-order valence-corrected chi connectivity index (χ4v) is 2.24. The fraction of sp³-hybridized carbons (Fsp3) is 0.692. The first kappa shape index (κ1) is 13.1. The van der Waals surface area contributed by atoms with Gasteiger partial charge in [-0.1, -0.05) is 6.92 Å². The summed E-state index contributed by atoms with van der Waals surface area (Å²) < 4.78 is 0. The van der Waals surface area contributed by atoms with E-state index in [1.165, 1.54) is 12.8 Å². The van der Waals surface area contributed by atoms with Gasteiger partial charge in [0.05, 0.1) is 0 Å². The van der Waals surface area contributed by atoms with Crippen molar-refractivity contribution in [2.75, 3.05) is 26.2 Å².